The fourth-order valence-electron chi connectivity index (χ4n) is 3.41. The molecule has 1 aliphatic rings. The molecule has 0 atom stereocenters. The molecule has 0 amide bonds. The predicted molar refractivity (Wildman–Crippen MR) is 119 cm³/mol. The zero-order valence-electron chi connectivity index (χ0n) is 17.0. The molecule has 29 heavy (non-hydrogen) atoms. The summed E-state index contributed by atoms with van der Waals surface area (Å²) in [4.78, 5) is 0. The Morgan fingerprint density at radius 1 is 0.724 bits per heavy atom. The van der Waals surface area contributed by atoms with Crippen molar-refractivity contribution in [3.8, 4) is 29.4 Å². The lowest BCUT2D eigenvalue weighted by Gasteiger charge is -2.27. The number of rotatable bonds is 2. The maximum atomic E-state index is 5.22. The second-order valence-electron chi connectivity index (χ2n) is 7.52. The highest BCUT2D eigenvalue weighted by Crippen LogP contribution is 2.38. The van der Waals surface area contributed by atoms with Crippen molar-refractivity contribution in [3.63, 3.8) is 0 Å². The highest BCUT2D eigenvalue weighted by molar-refractivity contribution is 5.53. The first-order valence-electron chi connectivity index (χ1n) is 10.1. The van der Waals surface area contributed by atoms with E-state index in [1.165, 1.54) is 30.4 Å². The molecular formula is C28H24O. The maximum absolute atomic E-state index is 5.22. The third-order valence-electron chi connectivity index (χ3n) is 5.43. The van der Waals surface area contributed by atoms with Crippen LogP contribution in [0.5, 0.6) is 5.75 Å². The van der Waals surface area contributed by atoms with E-state index < -0.39 is 0 Å². The number of methoxy groups -OCH3 is 1. The SMILES string of the molecule is COc1ccc(C#Cc2ccc(C#Cc3ccc(C)cc3)cc2C2CCC2)cc1. The maximum Gasteiger partial charge on any atom is 0.118 e. The highest BCUT2D eigenvalue weighted by Gasteiger charge is 2.21. The molecule has 1 saturated carbocycles. The van der Waals surface area contributed by atoms with Crippen LogP contribution in [0.2, 0.25) is 0 Å². The fraction of sp³-hybridized carbons (Fsp3) is 0.214. The summed E-state index contributed by atoms with van der Waals surface area (Å²) in [6.45, 7) is 2.09. The van der Waals surface area contributed by atoms with E-state index >= 15 is 0 Å². The summed E-state index contributed by atoms with van der Waals surface area (Å²) in [5, 5.41) is 0. The Morgan fingerprint density at radius 2 is 1.31 bits per heavy atom. The summed E-state index contributed by atoms with van der Waals surface area (Å²) in [5.41, 5.74) is 6.81. The molecule has 1 aliphatic carbocycles. The van der Waals surface area contributed by atoms with Gasteiger partial charge in [-0.2, -0.15) is 0 Å². The van der Waals surface area contributed by atoms with E-state index in [0.717, 1.165) is 28.0 Å². The molecule has 4 rings (SSSR count). The third kappa shape index (κ3) is 4.71. The number of benzene rings is 3. The molecule has 0 radical (unpaired) electrons. The van der Waals surface area contributed by atoms with E-state index in [1.54, 1.807) is 7.11 Å². The van der Waals surface area contributed by atoms with Crippen molar-refractivity contribution in [2.24, 2.45) is 0 Å². The lowest BCUT2D eigenvalue weighted by Crippen LogP contribution is -2.10. The average Bonchev–Trinajstić information content (AvgIpc) is 2.72. The van der Waals surface area contributed by atoms with Crippen molar-refractivity contribution >= 4 is 0 Å². The first-order valence-corrected chi connectivity index (χ1v) is 10.1. The topological polar surface area (TPSA) is 9.23 Å². The standard InChI is InChI=1S/C28H24O/c1-21-6-8-22(9-7-21)10-11-24-13-17-26(28(20-24)25-4-3-5-25)16-12-23-14-18-27(29-2)19-15-23/h6-9,13-15,17-20,25H,3-5H2,1-2H3. The van der Waals surface area contributed by atoms with Crippen molar-refractivity contribution in [2.75, 3.05) is 7.11 Å². The third-order valence-corrected chi connectivity index (χ3v) is 5.43. The molecule has 3 aromatic rings. The van der Waals surface area contributed by atoms with Gasteiger partial charge in [0.2, 0.25) is 0 Å². The molecule has 142 valence electrons. The molecule has 1 fully saturated rings. The van der Waals surface area contributed by atoms with Crippen LogP contribution in [0.25, 0.3) is 0 Å². The van der Waals surface area contributed by atoms with Crippen molar-refractivity contribution in [1.29, 1.82) is 0 Å². The molecule has 0 aliphatic heterocycles. The molecule has 3 aromatic carbocycles. The Balaban J connectivity index is 1.61. The first-order chi connectivity index (χ1) is 14.2. The molecule has 1 heteroatoms. The van der Waals surface area contributed by atoms with E-state index in [1.807, 2.05) is 24.3 Å². The quantitative estimate of drug-likeness (QED) is 0.493. The van der Waals surface area contributed by atoms with Crippen LogP contribution in [-0.2, 0) is 0 Å². The van der Waals surface area contributed by atoms with Crippen LogP contribution >= 0.6 is 0 Å². The molecule has 0 bridgehead atoms. The van der Waals surface area contributed by atoms with Gasteiger partial charge in [0.1, 0.15) is 5.75 Å². The Kier molecular flexibility index (Phi) is 5.69. The number of hydrogen-bond acceptors (Lipinski definition) is 1. The van der Waals surface area contributed by atoms with Gasteiger partial charge in [0, 0.05) is 22.3 Å². The van der Waals surface area contributed by atoms with Gasteiger partial charge in [-0.05, 0) is 85.8 Å². The smallest absolute Gasteiger partial charge is 0.118 e. The van der Waals surface area contributed by atoms with Crippen LogP contribution in [0.15, 0.2) is 66.7 Å². The van der Waals surface area contributed by atoms with Gasteiger partial charge < -0.3 is 4.74 Å². The van der Waals surface area contributed by atoms with Crippen LogP contribution in [0.4, 0.5) is 0 Å². The Bertz CT molecular complexity index is 1110. The van der Waals surface area contributed by atoms with E-state index in [2.05, 4.69) is 73.1 Å². The van der Waals surface area contributed by atoms with Gasteiger partial charge in [0.15, 0.2) is 0 Å². The van der Waals surface area contributed by atoms with E-state index in [9.17, 15) is 0 Å². The Hall–Kier alpha value is -3.42. The average molecular weight is 376 g/mol. The van der Waals surface area contributed by atoms with Crippen LogP contribution in [0.1, 0.15) is 58.6 Å². The summed E-state index contributed by atoms with van der Waals surface area (Å²) in [6, 6.07) is 22.7. The zero-order chi connectivity index (χ0) is 20.1. The van der Waals surface area contributed by atoms with Gasteiger partial charge in [-0.3, -0.25) is 0 Å². The lowest BCUT2D eigenvalue weighted by molar-refractivity contribution is 0.415. The molecule has 0 aromatic heterocycles. The van der Waals surface area contributed by atoms with E-state index in [4.69, 9.17) is 4.74 Å². The second-order valence-corrected chi connectivity index (χ2v) is 7.52. The number of ether oxygens (including phenoxy) is 1. The van der Waals surface area contributed by atoms with Crippen molar-refractivity contribution in [2.45, 2.75) is 32.1 Å². The monoisotopic (exact) mass is 376 g/mol. The summed E-state index contributed by atoms with van der Waals surface area (Å²) in [5.74, 6) is 14.7. The molecule has 0 N–H and O–H groups in total. The summed E-state index contributed by atoms with van der Waals surface area (Å²) >= 11 is 0. The van der Waals surface area contributed by atoms with Gasteiger partial charge in [-0.25, -0.2) is 0 Å². The summed E-state index contributed by atoms with van der Waals surface area (Å²) in [7, 11) is 1.68. The molecule has 0 saturated heterocycles. The minimum absolute atomic E-state index is 0.608. The molecule has 0 unspecified atom stereocenters. The molecule has 0 heterocycles. The summed E-state index contributed by atoms with van der Waals surface area (Å²) in [6.07, 6.45) is 3.79. The van der Waals surface area contributed by atoms with E-state index in [-0.39, 0.29) is 0 Å². The minimum atomic E-state index is 0.608. The van der Waals surface area contributed by atoms with Gasteiger partial charge in [0.05, 0.1) is 7.11 Å². The first kappa shape index (κ1) is 18.9. The van der Waals surface area contributed by atoms with Crippen molar-refractivity contribution < 1.29 is 4.74 Å². The van der Waals surface area contributed by atoms with Crippen molar-refractivity contribution in [3.05, 3.63) is 100 Å². The second kappa shape index (κ2) is 8.72. The Morgan fingerprint density at radius 3 is 1.93 bits per heavy atom. The zero-order valence-corrected chi connectivity index (χ0v) is 17.0. The van der Waals surface area contributed by atoms with Crippen molar-refractivity contribution in [1.82, 2.24) is 0 Å². The van der Waals surface area contributed by atoms with Gasteiger partial charge in [0.25, 0.3) is 0 Å². The predicted octanol–water partition coefficient (Wildman–Crippen LogP) is 6.07. The van der Waals surface area contributed by atoms with Crippen LogP contribution < -0.4 is 4.74 Å². The lowest BCUT2D eigenvalue weighted by atomic mass is 9.78. The number of hydrogen-bond donors (Lipinski definition) is 0. The highest BCUT2D eigenvalue weighted by atomic mass is 16.5. The minimum Gasteiger partial charge on any atom is -0.497 e. The van der Waals surface area contributed by atoms with Crippen LogP contribution in [0.3, 0.4) is 0 Å². The molecule has 0 spiro atoms. The summed E-state index contributed by atoms with van der Waals surface area (Å²) < 4.78 is 5.22. The van der Waals surface area contributed by atoms with Crippen LogP contribution in [0, 0.1) is 30.6 Å². The molecular weight excluding hydrogens is 352 g/mol. The normalized spacial score (nSPS) is 12.8. The van der Waals surface area contributed by atoms with Gasteiger partial charge in [-0.1, -0.05) is 47.8 Å². The Labute approximate surface area is 173 Å². The van der Waals surface area contributed by atoms with E-state index in [0.29, 0.717) is 5.92 Å². The van der Waals surface area contributed by atoms with Gasteiger partial charge >= 0.3 is 0 Å². The van der Waals surface area contributed by atoms with Crippen LogP contribution in [-0.4, -0.2) is 7.11 Å². The fourth-order valence-corrected chi connectivity index (χ4v) is 3.41. The van der Waals surface area contributed by atoms with Gasteiger partial charge in [-0.15, -0.1) is 0 Å². The number of aryl methyl sites for hydroxylation is 1. The largest absolute Gasteiger partial charge is 0.497 e. The molecule has 1 nitrogen and oxygen atoms in total.